The number of furan rings is 1. The molecule has 0 bridgehead atoms. The Labute approximate surface area is 180 Å². The summed E-state index contributed by atoms with van der Waals surface area (Å²) in [4.78, 5) is 7.72. The molecule has 0 amide bonds. The van der Waals surface area contributed by atoms with Gasteiger partial charge in [0.1, 0.15) is 5.69 Å². The molecule has 152 valence electrons. The van der Waals surface area contributed by atoms with Crippen molar-refractivity contribution < 1.29 is 4.42 Å². The first-order valence-corrected chi connectivity index (χ1v) is 10.7. The van der Waals surface area contributed by atoms with Crippen molar-refractivity contribution in [1.82, 2.24) is 4.68 Å². The fourth-order valence-corrected chi connectivity index (χ4v) is 3.87. The second kappa shape index (κ2) is 9.41. The van der Waals surface area contributed by atoms with Gasteiger partial charge in [0.25, 0.3) is 0 Å². The van der Waals surface area contributed by atoms with Crippen molar-refractivity contribution in [3.05, 3.63) is 94.3 Å². The number of hydrogen-bond donors (Lipinski definition) is 0. The highest BCUT2D eigenvalue weighted by molar-refractivity contribution is 7.07. The van der Waals surface area contributed by atoms with E-state index in [2.05, 4.69) is 53.4 Å². The maximum atomic E-state index is 5.61. The van der Waals surface area contributed by atoms with E-state index in [9.17, 15) is 0 Å². The molecule has 4 aromatic rings. The Balaban J connectivity index is 1.62. The summed E-state index contributed by atoms with van der Waals surface area (Å²) in [5, 5.41) is 6.76. The number of nitrogens with zero attached hydrogens (tertiary/aromatic N) is 4. The van der Waals surface area contributed by atoms with Crippen LogP contribution in [0.15, 0.2) is 92.9 Å². The minimum Gasteiger partial charge on any atom is -0.463 e. The topological polar surface area (TPSA) is 46.0 Å². The highest BCUT2D eigenvalue weighted by Crippen LogP contribution is 2.20. The van der Waals surface area contributed by atoms with Gasteiger partial charge in [-0.15, -0.1) is 11.3 Å². The lowest BCUT2D eigenvalue weighted by Crippen LogP contribution is -2.13. The third-order valence-electron chi connectivity index (χ3n) is 4.68. The molecule has 2 heterocycles. The minimum atomic E-state index is 0.704. The average molecular weight is 417 g/mol. The second-order valence-corrected chi connectivity index (χ2v) is 7.88. The van der Waals surface area contributed by atoms with Gasteiger partial charge in [-0.25, -0.2) is 4.68 Å². The summed E-state index contributed by atoms with van der Waals surface area (Å²) in [5.41, 5.74) is 4.35. The first-order valence-electron chi connectivity index (χ1n) is 9.81. The molecule has 5 nitrogen and oxygen atoms in total. The van der Waals surface area contributed by atoms with Crippen molar-refractivity contribution in [2.75, 3.05) is 25.5 Å². The first-order chi connectivity index (χ1) is 14.7. The van der Waals surface area contributed by atoms with Crippen LogP contribution in [0.25, 0.3) is 11.5 Å². The van der Waals surface area contributed by atoms with Gasteiger partial charge in [-0.3, -0.25) is 4.99 Å². The Morgan fingerprint density at radius 1 is 1.00 bits per heavy atom. The van der Waals surface area contributed by atoms with E-state index in [0.717, 1.165) is 33.9 Å². The van der Waals surface area contributed by atoms with Crippen LogP contribution < -0.4 is 9.70 Å². The van der Waals surface area contributed by atoms with Crippen molar-refractivity contribution in [3.63, 3.8) is 0 Å². The maximum absolute atomic E-state index is 5.61. The molecule has 0 atom stereocenters. The highest BCUT2D eigenvalue weighted by Gasteiger charge is 2.09. The van der Waals surface area contributed by atoms with E-state index in [1.165, 1.54) is 5.56 Å². The van der Waals surface area contributed by atoms with E-state index in [1.54, 1.807) is 17.6 Å². The summed E-state index contributed by atoms with van der Waals surface area (Å²) in [5.74, 6) is 0.774. The van der Waals surface area contributed by atoms with Crippen molar-refractivity contribution in [1.29, 1.82) is 0 Å². The Morgan fingerprint density at radius 2 is 1.80 bits per heavy atom. The maximum Gasteiger partial charge on any atom is 0.206 e. The minimum absolute atomic E-state index is 0.704. The van der Waals surface area contributed by atoms with E-state index >= 15 is 0 Å². The zero-order chi connectivity index (χ0) is 20.8. The normalized spacial score (nSPS) is 12.0. The summed E-state index contributed by atoms with van der Waals surface area (Å²) in [6, 6.07) is 22.5. The highest BCUT2D eigenvalue weighted by atomic mass is 32.1. The van der Waals surface area contributed by atoms with Crippen molar-refractivity contribution in [2.45, 2.75) is 6.42 Å². The Kier molecular flexibility index (Phi) is 6.25. The molecule has 0 saturated carbocycles. The summed E-state index contributed by atoms with van der Waals surface area (Å²) in [7, 11) is 4.06. The average Bonchev–Trinajstić information content (AvgIpc) is 3.43. The predicted octanol–water partition coefficient (Wildman–Crippen LogP) is 4.90. The molecule has 2 aromatic heterocycles. The molecule has 0 aliphatic rings. The molecule has 0 unspecified atom stereocenters. The second-order valence-electron chi connectivity index (χ2n) is 7.04. The summed E-state index contributed by atoms with van der Waals surface area (Å²) in [6.45, 7) is 0.704. The van der Waals surface area contributed by atoms with Crippen molar-refractivity contribution >= 4 is 23.2 Å². The Bertz CT molecular complexity index is 1150. The van der Waals surface area contributed by atoms with Crippen LogP contribution in [0.5, 0.6) is 0 Å². The molecule has 0 N–H and O–H groups in total. The van der Waals surface area contributed by atoms with Crippen molar-refractivity contribution in [3.8, 4) is 11.5 Å². The molecule has 2 aromatic carbocycles. The standard InChI is InChI=1S/C24H24N4OS/c1-27(2)21-12-10-20(11-13-21)17-26-28-22(23-9-6-16-29-23)18-30-24(28)25-15-14-19-7-4-3-5-8-19/h3-13,16-18H,14-15H2,1-2H3. The zero-order valence-corrected chi connectivity index (χ0v) is 17.9. The quantitative estimate of drug-likeness (QED) is 0.402. The summed E-state index contributed by atoms with van der Waals surface area (Å²) in [6.07, 6.45) is 4.42. The van der Waals surface area contributed by atoms with Crippen LogP contribution in [-0.2, 0) is 6.42 Å². The van der Waals surface area contributed by atoms with Gasteiger partial charge in [-0.1, -0.05) is 42.5 Å². The zero-order valence-electron chi connectivity index (χ0n) is 17.1. The number of aromatic nitrogens is 1. The van der Waals surface area contributed by atoms with Crippen LogP contribution in [-0.4, -0.2) is 31.5 Å². The van der Waals surface area contributed by atoms with Crippen LogP contribution in [0.3, 0.4) is 0 Å². The number of thiazole rings is 1. The van der Waals surface area contributed by atoms with Gasteiger partial charge >= 0.3 is 0 Å². The number of benzene rings is 2. The molecule has 0 fully saturated rings. The van der Waals surface area contributed by atoms with E-state index in [4.69, 9.17) is 14.5 Å². The van der Waals surface area contributed by atoms with Gasteiger partial charge < -0.3 is 9.32 Å². The van der Waals surface area contributed by atoms with Crippen LogP contribution in [0, 0.1) is 0 Å². The molecule has 0 saturated heterocycles. The van der Waals surface area contributed by atoms with Gasteiger partial charge in [0.15, 0.2) is 5.76 Å². The lowest BCUT2D eigenvalue weighted by Gasteiger charge is -2.11. The number of anilines is 1. The molecule has 4 rings (SSSR count). The van der Waals surface area contributed by atoms with Crippen LogP contribution in [0.2, 0.25) is 0 Å². The van der Waals surface area contributed by atoms with E-state index in [-0.39, 0.29) is 0 Å². The summed E-state index contributed by atoms with van der Waals surface area (Å²) < 4.78 is 7.46. The van der Waals surface area contributed by atoms with E-state index in [0.29, 0.717) is 6.54 Å². The van der Waals surface area contributed by atoms with Gasteiger partial charge in [0.05, 0.1) is 12.5 Å². The van der Waals surface area contributed by atoms with Gasteiger partial charge in [-0.2, -0.15) is 5.10 Å². The van der Waals surface area contributed by atoms with Crippen LogP contribution in [0.1, 0.15) is 11.1 Å². The molecule has 0 spiro atoms. The smallest absolute Gasteiger partial charge is 0.206 e. The molecule has 6 heteroatoms. The Morgan fingerprint density at radius 3 is 2.50 bits per heavy atom. The van der Waals surface area contributed by atoms with E-state index < -0.39 is 0 Å². The van der Waals surface area contributed by atoms with E-state index in [1.807, 2.05) is 48.6 Å². The van der Waals surface area contributed by atoms with Crippen molar-refractivity contribution in [2.24, 2.45) is 10.1 Å². The molecule has 0 radical (unpaired) electrons. The lowest BCUT2D eigenvalue weighted by molar-refractivity contribution is 0.575. The molecule has 0 aliphatic heterocycles. The molecular formula is C24H24N4OS. The first kappa shape index (κ1) is 19.9. The van der Waals surface area contributed by atoms with Gasteiger partial charge in [-0.05, 0) is 41.8 Å². The largest absolute Gasteiger partial charge is 0.463 e. The van der Waals surface area contributed by atoms with Gasteiger partial charge in [0, 0.05) is 31.7 Å². The predicted molar refractivity (Wildman–Crippen MR) is 124 cm³/mol. The number of hydrogen-bond acceptors (Lipinski definition) is 5. The molecule has 30 heavy (non-hydrogen) atoms. The number of rotatable bonds is 7. The SMILES string of the molecule is CN(C)c1ccc(C=Nn2c(-c3ccco3)csc2=NCCc2ccccc2)cc1. The third-order valence-corrected chi connectivity index (χ3v) is 5.54. The fraction of sp³-hybridized carbons (Fsp3) is 0.167. The Hall–Kier alpha value is -3.38. The molecular weight excluding hydrogens is 392 g/mol. The molecule has 0 aliphatic carbocycles. The fourth-order valence-electron chi connectivity index (χ4n) is 3.02. The monoisotopic (exact) mass is 416 g/mol. The van der Waals surface area contributed by atoms with Crippen LogP contribution in [0.4, 0.5) is 5.69 Å². The third kappa shape index (κ3) is 4.78. The summed E-state index contributed by atoms with van der Waals surface area (Å²) >= 11 is 1.57. The van der Waals surface area contributed by atoms with Gasteiger partial charge in [0.2, 0.25) is 4.80 Å². The lowest BCUT2D eigenvalue weighted by atomic mass is 10.2. The van der Waals surface area contributed by atoms with Crippen LogP contribution >= 0.6 is 11.3 Å².